The summed E-state index contributed by atoms with van der Waals surface area (Å²) in [6.45, 7) is 2.98. The highest BCUT2D eigenvalue weighted by atomic mass is 14.9. The number of nitrogens with one attached hydrogen (secondary N) is 1. The molecule has 0 spiro atoms. The van der Waals surface area contributed by atoms with Crippen molar-refractivity contribution in [2.75, 3.05) is 0 Å². The lowest BCUT2D eigenvalue weighted by Crippen LogP contribution is -2.13. The van der Waals surface area contributed by atoms with Crippen molar-refractivity contribution in [2.45, 2.75) is 6.42 Å². The van der Waals surface area contributed by atoms with E-state index in [1.165, 1.54) is 5.57 Å². The van der Waals surface area contributed by atoms with Gasteiger partial charge in [0.05, 0.1) is 18.4 Å². The molecule has 2 heteroatoms. The van der Waals surface area contributed by atoms with Crippen LogP contribution >= 0.6 is 0 Å². The molecule has 0 atom stereocenters. The molecule has 2 radical (unpaired) electrons. The third kappa shape index (κ3) is 0.669. The number of fused-ring (bicyclic) bond motifs is 1. The van der Waals surface area contributed by atoms with E-state index in [2.05, 4.69) is 22.9 Å². The van der Waals surface area contributed by atoms with Crippen LogP contribution in [0.2, 0.25) is 0 Å². The fraction of sp³-hybridized carbons (Fsp3) is 0.143. The minimum absolute atomic E-state index is 0.874. The molecule has 1 N–H and O–H groups in total. The van der Waals surface area contributed by atoms with E-state index in [-0.39, 0.29) is 0 Å². The van der Waals surface area contributed by atoms with Gasteiger partial charge in [0, 0.05) is 11.8 Å². The second-order valence-electron chi connectivity index (χ2n) is 1.99. The van der Waals surface area contributed by atoms with Crippen molar-refractivity contribution in [3.63, 3.8) is 0 Å². The average molecular weight is 118 g/mol. The smallest absolute Gasteiger partial charge is 0.0922 e. The van der Waals surface area contributed by atoms with Crippen LogP contribution in [0.25, 0.3) is 0 Å². The van der Waals surface area contributed by atoms with Gasteiger partial charge in [-0.15, -0.1) is 0 Å². The van der Waals surface area contributed by atoms with Crippen LogP contribution in [0.4, 0.5) is 0 Å². The molecule has 0 aromatic heterocycles. The summed E-state index contributed by atoms with van der Waals surface area (Å²) in [4.78, 5) is 3.97. The molecule has 0 bridgehead atoms. The monoisotopic (exact) mass is 118 g/mol. The largest absolute Gasteiger partial charge is 0.373 e. The number of aliphatic imine (C=N–C) groups is 1. The summed E-state index contributed by atoms with van der Waals surface area (Å²) in [5, 5.41) is 3.00. The lowest BCUT2D eigenvalue weighted by molar-refractivity contribution is 0.904. The molecule has 2 aliphatic rings. The fourth-order valence-electron chi connectivity index (χ4n) is 0.911. The minimum Gasteiger partial charge on any atom is -0.373 e. The summed E-state index contributed by atoms with van der Waals surface area (Å²) in [5.41, 5.74) is 2.26. The first-order chi connectivity index (χ1) is 4.47. The van der Waals surface area contributed by atoms with Crippen LogP contribution in [0.1, 0.15) is 6.42 Å². The van der Waals surface area contributed by atoms with Crippen LogP contribution in [-0.4, -0.2) is 6.21 Å². The van der Waals surface area contributed by atoms with E-state index in [0.29, 0.717) is 0 Å². The van der Waals surface area contributed by atoms with E-state index in [0.717, 1.165) is 12.1 Å². The van der Waals surface area contributed by atoms with Gasteiger partial charge in [-0.25, -0.2) is 0 Å². The average Bonchev–Trinajstić information content (AvgIpc) is 2.33. The molecule has 0 saturated carbocycles. The minimum atomic E-state index is 0.874. The maximum absolute atomic E-state index is 3.97. The molecular weight excluding hydrogens is 112 g/mol. The lowest BCUT2D eigenvalue weighted by atomic mass is 10.1. The Morgan fingerprint density at radius 2 is 2.67 bits per heavy atom. The van der Waals surface area contributed by atoms with Gasteiger partial charge in [0.1, 0.15) is 0 Å². The van der Waals surface area contributed by atoms with Gasteiger partial charge in [-0.1, -0.05) is 6.08 Å². The molecule has 0 saturated heterocycles. The van der Waals surface area contributed by atoms with Gasteiger partial charge in [-0.3, -0.25) is 4.99 Å². The number of hydrogen-bond acceptors (Lipinski definition) is 2. The molecule has 0 aromatic carbocycles. The Morgan fingerprint density at radius 3 is 3.56 bits per heavy atom. The van der Waals surface area contributed by atoms with Gasteiger partial charge in [0.15, 0.2) is 0 Å². The van der Waals surface area contributed by atoms with Crippen molar-refractivity contribution in [3.8, 4) is 0 Å². The third-order valence-corrected chi connectivity index (χ3v) is 1.38. The summed E-state index contributed by atoms with van der Waals surface area (Å²) >= 11 is 0. The summed E-state index contributed by atoms with van der Waals surface area (Å²) in [7, 11) is 0. The SMILES string of the molecule is [C]1CC=C2C=NC=C2N1. The van der Waals surface area contributed by atoms with E-state index in [9.17, 15) is 0 Å². The van der Waals surface area contributed by atoms with E-state index in [4.69, 9.17) is 0 Å². The molecule has 0 aliphatic carbocycles. The molecule has 0 fully saturated rings. The molecule has 9 heavy (non-hydrogen) atoms. The lowest BCUT2D eigenvalue weighted by Gasteiger charge is -2.10. The normalized spacial score (nSPS) is 22.2. The summed E-state index contributed by atoms with van der Waals surface area (Å²) in [6, 6.07) is 0. The van der Waals surface area contributed by atoms with Gasteiger partial charge in [0.2, 0.25) is 0 Å². The molecule has 44 valence electrons. The van der Waals surface area contributed by atoms with Gasteiger partial charge in [0.25, 0.3) is 0 Å². The Morgan fingerprint density at radius 1 is 1.67 bits per heavy atom. The van der Waals surface area contributed by atoms with Crippen LogP contribution in [0.5, 0.6) is 0 Å². The Bertz CT molecular complexity index is 211. The van der Waals surface area contributed by atoms with Gasteiger partial charge in [-0.05, 0) is 6.42 Å². The van der Waals surface area contributed by atoms with Crippen molar-refractivity contribution >= 4 is 6.21 Å². The van der Waals surface area contributed by atoms with Crippen molar-refractivity contribution in [2.24, 2.45) is 4.99 Å². The Labute approximate surface area is 54.0 Å². The van der Waals surface area contributed by atoms with Crippen molar-refractivity contribution in [1.82, 2.24) is 5.32 Å². The van der Waals surface area contributed by atoms with Gasteiger partial charge < -0.3 is 5.32 Å². The van der Waals surface area contributed by atoms with Crippen LogP contribution < -0.4 is 5.32 Å². The fourth-order valence-corrected chi connectivity index (χ4v) is 0.911. The first-order valence-corrected chi connectivity index (χ1v) is 2.89. The van der Waals surface area contributed by atoms with Gasteiger partial charge in [-0.2, -0.15) is 0 Å². The zero-order chi connectivity index (χ0) is 6.10. The third-order valence-electron chi connectivity index (χ3n) is 1.38. The molecule has 0 unspecified atom stereocenters. The number of allylic oxidation sites excluding steroid dienone is 1. The predicted octanol–water partition coefficient (Wildman–Crippen LogP) is 0.871. The Kier molecular flexibility index (Phi) is 0.918. The van der Waals surface area contributed by atoms with Crippen molar-refractivity contribution in [1.29, 1.82) is 0 Å². The number of nitrogens with zero attached hydrogens (tertiary/aromatic N) is 1. The predicted molar refractivity (Wildman–Crippen MR) is 35.7 cm³/mol. The summed E-state index contributed by atoms with van der Waals surface area (Å²) in [6.07, 6.45) is 6.62. The van der Waals surface area contributed by atoms with E-state index in [1.54, 1.807) is 6.20 Å². The van der Waals surface area contributed by atoms with Crippen molar-refractivity contribution in [3.05, 3.63) is 30.1 Å². The van der Waals surface area contributed by atoms with E-state index >= 15 is 0 Å². The first kappa shape index (κ1) is 4.79. The number of hydrogen-bond donors (Lipinski definition) is 1. The zero-order valence-corrected chi connectivity index (χ0v) is 4.89. The molecule has 2 rings (SSSR count). The van der Waals surface area contributed by atoms with E-state index in [1.807, 2.05) is 6.21 Å². The second-order valence-corrected chi connectivity index (χ2v) is 1.99. The molecular formula is C7H6N2. The highest BCUT2D eigenvalue weighted by Crippen LogP contribution is 2.16. The van der Waals surface area contributed by atoms with Crippen molar-refractivity contribution < 1.29 is 0 Å². The zero-order valence-electron chi connectivity index (χ0n) is 4.89. The van der Waals surface area contributed by atoms with Crippen LogP contribution in [0.15, 0.2) is 28.5 Å². The standard InChI is InChI=1S/C7H6N2/c1-2-6-4-8-5-7(6)9-3-1/h2,4-5,9H,1H2. The van der Waals surface area contributed by atoms with Crippen LogP contribution in [-0.2, 0) is 0 Å². The van der Waals surface area contributed by atoms with Crippen LogP contribution in [0, 0.1) is 6.54 Å². The number of rotatable bonds is 0. The first-order valence-electron chi connectivity index (χ1n) is 2.89. The summed E-state index contributed by atoms with van der Waals surface area (Å²) < 4.78 is 0. The van der Waals surface area contributed by atoms with E-state index < -0.39 is 0 Å². The second kappa shape index (κ2) is 1.72. The Balaban J connectivity index is 2.38. The molecule has 2 aliphatic heterocycles. The highest BCUT2D eigenvalue weighted by Gasteiger charge is 2.10. The van der Waals surface area contributed by atoms with Gasteiger partial charge >= 0.3 is 0 Å². The highest BCUT2D eigenvalue weighted by molar-refractivity contribution is 5.88. The quantitative estimate of drug-likeness (QED) is 0.501. The topological polar surface area (TPSA) is 24.4 Å². The molecule has 2 heterocycles. The Hall–Kier alpha value is -1.05. The summed E-state index contributed by atoms with van der Waals surface area (Å²) in [5.74, 6) is 0. The molecule has 0 aromatic rings. The molecule has 2 nitrogen and oxygen atoms in total. The maximum atomic E-state index is 3.97. The maximum Gasteiger partial charge on any atom is 0.0922 e. The molecule has 0 amide bonds. The van der Waals surface area contributed by atoms with Crippen LogP contribution in [0.3, 0.4) is 0 Å².